The SMILES string of the molecule is COc1cc(C(=O)OCC(=O)N(C)Cc2ccccc2)ccc1OC(F)F. The fourth-order valence-electron chi connectivity index (χ4n) is 2.25. The van der Waals surface area contributed by atoms with Crippen LogP contribution in [0.3, 0.4) is 0 Å². The molecule has 2 aromatic rings. The molecule has 1 amide bonds. The highest BCUT2D eigenvalue weighted by Gasteiger charge is 2.17. The molecule has 0 heterocycles. The molecule has 6 nitrogen and oxygen atoms in total. The number of halogens is 2. The monoisotopic (exact) mass is 379 g/mol. The smallest absolute Gasteiger partial charge is 0.387 e. The van der Waals surface area contributed by atoms with Crippen LogP contribution in [0.1, 0.15) is 15.9 Å². The molecule has 0 fully saturated rings. The van der Waals surface area contributed by atoms with E-state index < -0.39 is 19.2 Å². The van der Waals surface area contributed by atoms with E-state index >= 15 is 0 Å². The van der Waals surface area contributed by atoms with Crippen LogP contribution in [-0.4, -0.2) is 44.2 Å². The molecule has 2 rings (SSSR count). The Morgan fingerprint density at radius 2 is 1.78 bits per heavy atom. The van der Waals surface area contributed by atoms with Crippen molar-refractivity contribution in [1.82, 2.24) is 4.90 Å². The predicted octanol–water partition coefficient (Wildman–Crippen LogP) is 3.11. The summed E-state index contributed by atoms with van der Waals surface area (Å²) in [6.07, 6.45) is 0. The zero-order chi connectivity index (χ0) is 19.8. The first-order valence-electron chi connectivity index (χ1n) is 7.98. The Labute approximate surface area is 155 Å². The van der Waals surface area contributed by atoms with Crippen molar-refractivity contribution in [2.24, 2.45) is 0 Å². The molecular weight excluding hydrogens is 360 g/mol. The first-order chi connectivity index (χ1) is 12.9. The maximum absolute atomic E-state index is 12.3. The molecule has 0 spiro atoms. The van der Waals surface area contributed by atoms with Crippen LogP contribution in [0.4, 0.5) is 8.78 Å². The molecule has 27 heavy (non-hydrogen) atoms. The molecule has 0 saturated carbocycles. The van der Waals surface area contributed by atoms with Gasteiger partial charge in [0.2, 0.25) is 0 Å². The van der Waals surface area contributed by atoms with Gasteiger partial charge in [0.05, 0.1) is 12.7 Å². The predicted molar refractivity (Wildman–Crippen MR) is 92.8 cm³/mol. The molecule has 0 unspecified atom stereocenters. The van der Waals surface area contributed by atoms with E-state index in [1.165, 1.54) is 30.2 Å². The third-order valence-corrected chi connectivity index (χ3v) is 3.63. The standard InChI is InChI=1S/C19H19F2NO5/c1-22(11-13-6-4-3-5-7-13)17(23)12-26-18(24)14-8-9-15(27-19(20)21)16(10-14)25-2/h3-10,19H,11-12H2,1-2H3. The Balaban J connectivity index is 1.93. The van der Waals surface area contributed by atoms with E-state index in [-0.39, 0.29) is 23.0 Å². The highest BCUT2D eigenvalue weighted by molar-refractivity contribution is 5.92. The summed E-state index contributed by atoms with van der Waals surface area (Å²) in [6.45, 7) is -3.08. The summed E-state index contributed by atoms with van der Waals surface area (Å²) in [7, 11) is 2.85. The van der Waals surface area contributed by atoms with Gasteiger partial charge in [0.25, 0.3) is 5.91 Å². The van der Waals surface area contributed by atoms with Crippen molar-refractivity contribution >= 4 is 11.9 Å². The van der Waals surface area contributed by atoms with Crippen LogP contribution in [0.15, 0.2) is 48.5 Å². The minimum atomic E-state index is -3.02. The molecule has 0 bridgehead atoms. The zero-order valence-corrected chi connectivity index (χ0v) is 14.9. The van der Waals surface area contributed by atoms with Crippen molar-refractivity contribution in [2.45, 2.75) is 13.2 Å². The molecule has 0 N–H and O–H groups in total. The van der Waals surface area contributed by atoms with Gasteiger partial charge in [0.1, 0.15) is 0 Å². The summed E-state index contributed by atoms with van der Waals surface area (Å²) in [6, 6.07) is 13.0. The summed E-state index contributed by atoms with van der Waals surface area (Å²) in [4.78, 5) is 25.6. The summed E-state index contributed by atoms with van der Waals surface area (Å²) >= 11 is 0. The number of amides is 1. The van der Waals surface area contributed by atoms with E-state index in [0.717, 1.165) is 5.56 Å². The molecule has 2 aromatic carbocycles. The highest BCUT2D eigenvalue weighted by Crippen LogP contribution is 2.29. The molecule has 0 atom stereocenters. The lowest BCUT2D eigenvalue weighted by atomic mass is 10.2. The topological polar surface area (TPSA) is 65.1 Å². The number of methoxy groups -OCH3 is 1. The first-order valence-corrected chi connectivity index (χ1v) is 7.98. The van der Waals surface area contributed by atoms with Crippen LogP contribution < -0.4 is 9.47 Å². The van der Waals surface area contributed by atoms with E-state index in [4.69, 9.17) is 9.47 Å². The Kier molecular flexibility index (Phi) is 7.10. The Morgan fingerprint density at radius 3 is 2.41 bits per heavy atom. The van der Waals surface area contributed by atoms with Crippen LogP contribution >= 0.6 is 0 Å². The number of nitrogens with zero attached hydrogens (tertiary/aromatic N) is 1. The molecule has 0 aliphatic rings. The van der Waals surface area contributed by atoms with Crippen LogP contribution in [-0.2, 0) is 16.1 Å². The Bertz CT molecular complexity index is 783. The number of carbonyl (C=O) groups is 2. The van der Waals surface area contributed by atoms with Crippen LogP contribution in [0.5, 0.6) is 11.5 Å². The number of esters is 1. The lowest BCUT2D eigenvalue weighted by molar-refractivity contribution is -0.133. The molecule has 0 aromatic heterocycles. The minimum absolute atomic E-state index is 0.0442. The van der Waals surface area contributed by atoms with Crippen molar-refractivity contribution in [3.8, 4) is 11.5 Å². The number of likely N-dealkylation sites (N-methyl/N-ethyl adjacent to an activating group) is 1. The van der Waals surface area contributed by atoms with Gasteiger partial charge < -0.3 is 19.1 Å². The molecular formula is C19H19F2NO5. The van der Waals surface area contributed by atoms with Gasteiger partial charge in [-0.2, -0.15) is 8.78 Å². The molecule has 0 aliphatic heterocycles. The first kappa shape index (κ1) is 20.2. The van der Waals surface area contributed by atoms with Crippen molar-refractivity contribution in [3.05, 3.63) is 59.7 Å². The maximum Gasteiger partial charge on any atom is 0.387 e. The van der Waals surface area contributed by atoms with Gasteiger partial charge in [-0.3, -0.25) is 4.79 Å². The molecule has 0 saturated heterocycles. The van der Waals surface area contributed by atoms with Crippen molar-refractivity contribution in [1.29, 1.82) is 0 Å². The quantitative estimate of drug-likeness (QED) is 0.660. The zero-order valence-electron chi connectivity index (χ0n) is 14.9. The largest absolute Gasteiger partial charge is 0.493 e. The number of alkyl halides is 2. The van der Waals surface area contributed by atoms with Gasteiger partial charge in [-0.1, -0.05) is 30.3 Å². The minimum Gasteiger partial charge on any atom is -0.493 e. The second-order valence-electron chi connectivity index (χ2n) is 5.56. The van der Waals surface area contributed by atoms with Crippen molar-refractivity contribution in [3.63, 3.8) is 0 Å². The number of rotatable bonds is 8. The molecule has 0 aliphatic carbocycles. The van der Waals surface area contributed by atoms with Gasteiger partial charge in [-0.25, -0.2) is 4.79 Å². The van der Waals surface area contributed by atoms with Gasteiger partial charge in [-0.05, 0) is 23.8 Å². The summed E-state index contributed by atoms with van der Waals surface area (Å²) in [5.74, 6) is -1.41. The maximum atomic E-state index is 12.3. The van der Waals surface area contributed by atoms with E-state index in [9.17, 15) is 18.4 Å². The molecule has 8 heteroatoms. The van der Waals surface area contributed by atoms with Crippen LogP contribution in [0, 0.1) is 0 Å². The van der Waals surface area contributed by atoms with Gasteiger partial charge >= 0.3 is 12.6 Å². The molecule has 0 radical (unpaired) electrons. The summed E-state index contributed by atoms with van der Waals surface area (Å²) < 4.78 is 38.9. The lowest BCUT2D eigenvalue weighted by Gasteiger charge is -2.17. The van der Waals surface area contributed by atoms with Gasteiger partial charge in [0.15, 0.2) is 18.1 Å². The van der Waals surface area contributed by atoms with Gasteiger partial charge in [-0.15, -0.1) is 0 Å². The number of benzene rings is 2. The Hall–Kier alpha value is -3.16. The van der Waals surface area contributed by atoms with Crippen LogP contribution in [0.2, 0.25) is 0 Å². The number of hydrogen-bond donors (Lipinski definition) is 0. The van der Waals surface area contributed by atoms with Crippen molar-refractivity contribution in [2.75, 3.05) is 20.8 Å². The van der Waals surface area contributed by atoms with Gasteiger partial charge in [0, 0.05) is 13.6 Å². The van der Waals surface area contributed by atoms with E-state index in [0.29, 0.717) is 6.54 Å². The second-order valence-corrected chi connectivity index (χ2v) is 5.56. The average Bonchev–Trinajstić information content (AvgIpc) is 2.66. The van der Waals surface area contributed by atoms with Crippen molar-refractivity contribution < 1.29 is 32.6 Å². The van der Waals surface area contributed by atoms with E-state index in [1.54, 1.807) is 7.05 Å². The third-order valence-electron chi connectivity index (χ3n) is 3.63. The highest BCUT2D eigenvalue weighted by atomic mass is 19.3. The second kappa shape index (κ2) is 9.51. The lowest BCUT2D eigenvalue weighted by Crippen LogP contribution is -2.30. The third kappa shape index (κ3) is 5.95. The number of carbonyl (C=O) groups excluding carboxylic acids is 2. The van der Waals surface area contributed by atoms with Crippen LogP contribution in [0.25, 0.3) is 0 Å². The molecule has 144 valence electrons. The van der Waals surface area contributed by atoms with E-state index in [1.807, 2.05) is 30.3 Å². The fraction of sp³-hybridized carbons (Fsp3) is 0.263. The fourth-order valence-corrected chi connectivity index (χ4v) is 2.25. The number of ether oxygens (including phenoxy) is 3. The normalized spacial score (nSPS) is 10.4. The summed E-state index contributed by atoms with van der Waals surface area (Å²) in [5, 5.41) is 0. The average molecular weight is 379 g/mol. The number of hydrogen-bond acceptors (Lipinski definition) is 5. The Morgan fingerprint density at radius 1 is 1.07 bits per heavy atom. The summed E-state index contributed by atoms with van der Waals surface area (Å²) in [5.41, 5.74) is 0.992. The van der Waals surface area contributed by atoms with E-state index in [2.05, 4.69) is 4.74 Å².